The molecule has 0 aromatic heterocycles. The van der Waals surface area contributed by atoms with Crippen LogP contribution < -0.4 is 0 Å². The minimum absolute atomic E-state index is 0.00203. The molecule has 1 aliphatic heterocycles. The summed E-state index contributed by atoms with van der Waals surface area (Å²) in [4.78, 5) is 13.7. The smallest absolute Gasteiger partial charge is 0.410 e. The lowest BCUT2D eigenvalue weighted by Crippen LogP contribution is -2.39. The summed E-state index contributed by atoms with van der Waals surface area (Å²) in [5, 5.41) is 0. The fourth-order valence-electron chi connectivity index (χ4n) is 2.47. The monoisotopic (exact) mass is 197 g/mol. The molecule has 3 atom stereocenters. The summed E-state index contributed by atoms with van der Waals surface area (Å²) in [7, 11) is 0. The van der Waals surface area contributed by atoms with E-state index in [4.69, 9.17) is 4.74 Å². The van der Waals surface area contributed by atoms with Crippen LogP contribution in [0.4, 0.5) is 4.79 Å². The van der Waals surface area contributed by atoms with Crippen molar-refractivity contribution in [3.05, 3.63) is 0 Å². The van der Waals surface area contributed by atoms with Crippen LogP contribution in [0, 0.1) is 5.92 Å². The molecule has 0 bridgehead atoms. The van der Waals surface area contributed by atoms with Crippen LogP contribution in [-0.4, -0.2) is 29.2 Å². The van der Waals surface area contributed by atoms with Crippen molar-refractivity contribution in [1.29, 1.82) is 0 Å². The number of piperidine rings is 1. The van der Waals surface area contributed by atoms with Crippen LogP contribution in [0.15, 0.2) is 0 Å². The third kappa shape index (κ3) is 1.60. The molecule has 1 aliphatic carbocycles. The van der Waals surface area contributed by atoms with Crippen LogP contribution in [-0.2, 0) is 4.74 Å². The van der Waals surface area contributed by atoms with Crippen LogP contribution in [0.25, 0.3) is 0 Å². The molecular formula is C11H19NO2. The number of hydrogen-bond donors (Lipinski definition) is 0. The van der Waals surface area contributed by atoms with Crippen LogP contribution in [0.2, 0.25) is 0 Å². The molecule has 1 saturated carbocycles. The summed E-state index contributed by atoms with van der Waals surface area (Å²) in [6.45, 7) is 5.95. The zero-order valence-corrected chi connectivity index (χ0v) is 9.19. The van der Waals surface area contributed by atoms with Crippen molar-refractivity contribution in [2.75, 3.05) is 0 Å². The van der Waals surface area contributed by atoms with E-state index in [1.165, 1.54) is 12.8 Å². The van der Waals surface area contributed by atoms with Crippen molar-refractivity contribution in [2.45, 2.75) is 58.2 Å². The van der Waals surface area contributed by atoms with Gasteiger partial charge in [0.2, 0.25) is 0 Å². The first kappa shape index (κ1) is 9.81. The van der Waals surface area contributed by atoms with Gasteiger partial charge in [0.1, 0.15) is 0 Å². The lowest BCUT2D eigenvalue weighted by Gasteiger charge is -2.26. The number of nitrogens with zero attached hydrogens (tertiary/aromatic N) is 1. The molecule has 0 N–H and O–H groups in total. The SMILES string of the molecule is CCC1C[C@@H]2C[C@@H]2N1C(=O)OC(C)C. The van der Waals surface area contributed by atoms with Crippen molar-refractivity contribution < 1.29 is 9.53 Å². The van der Waals surface area contributed by atoms with E-state index < -0.39 is 0 Å². The summed E-state index contributed by atoms with van der Waals surface area (Å²) in [5.74, 6) is 0.777. The highest BCUT2D eigenvalue weighted by Gasteiger charge is 2.53. The van der Waals surface area contributed by atoms with E-state index in [0.29, 0.717) is 12.1 Å². The van der Waals surface area contributed by atoms with E-state index in [2.05, 4.69) is 6.92 Å². The fourth-order valence-corrected chi connectivity index (χ4v) is 2.47. The molecule has 2 fully saturated rings. The number of carbonyl (C=O) groups excluding carboxylic acids is 1. The fraction of sp³-hybridized carbons (Fsp3) is 0.909. The van der Waals surface area contributed by atoms with E-state index in [-0.39, 0.29) is 12.2 Å². The van der Waals surface area contributed by atoms with Crippen LogP contribution in [0.1, 0.15) is 40.0 Å². The Morgan fingerprint density at radius 1 is 1.50 bits per heavy atom. The molecule has 0 radical (unpaired) electrons. The third-order valence-corrected chi connectivity index (χ3v) is 3.23. The molecule has 2 rings (SSSR count). The van der Waals surface area contributed by atoms with Gasteiger partial charge in [-0.1, -0.05) is 6.92 Å². The maximum atomic E-state index is 11.8. The van der Waals surface area contributed by atoms with E-state index >= 15 is 0 Å². The Labute approximate surface area is 85.4 Å². The number of carbonyl (C=O) groups is 1. The average Bonchev–Trinajstić information content (AvgIpc) is 2.75. The predicted molar refractivity (Wildman–Crippen MR) is 54.0 cm³/mol. The summed E-state index contributed by atoms with van der Waals surface area (Å²) in [5.41, 5.74) is 0. The number of likely N-dealkylation sites (tertiary alicyclic amines) is 1. The quantitative estimate of drug-likeness (QED) is 0.680. The Hall–Kier alpha value is -0.730. The number of amides is 1. The first-order chi connectivity index (χ1) is 6.63. The van der Waals surface area contributed by atoms with Gasteiger partial charge in [-0.2, -0.15) is 0 Å². The molecule has 0 aromatic rings. The Morgan fingerprint density at radius 2 is 2.21 bits per heavy atom. The molecule has 80 valence electrons. The highest BCUT2D eigenvalue weighted by atomic mass is 16.6. The Balaban J connectivity index is 1.97. The number of hydrogen-bond acceptors (Lipinski definition) is 2. The molecule has 1 heterocycles. The van der Waals surface area contributed by atoms with Gasteiger partial charge in [0.15, 0.2) is 0 Å². The van der Waals surface area contributed by atoms with E-state index in [1.807, 2.05) is 18.7 Å². The minimum atomic E-state index is -0.100. The summed E-state index contributed by atoms with van der Waals surface area (Å²) < 4.78 is 5.25. The largest absolute Gasteiger partial charge is 0.447 e. The maximum absolute atomic E-state index is 11.8. The van der Waals surface area contributed by atoms with Crippen molar-refractivity contribution in [2.24, 2.45) is 5.92 Å². The van der Waals surface area contributed by atoms with Gasteiger partial charge in [0, 0.05) is 12.1 Å². The van der Waals surface area contributed by atoms with Crippen molar-refractivity contribution >= 4 is 6.09 Å². The molecule has 1 amide bonds. The van der Waals surface area contributed by atoms with Crippen LogP contribution in [0.5, 0.6) is 0 Å². The summed E-state index contributed by atoms with van der Waals surface area (Å²) in [6.07, 6.45) is 3.34. The maximum Gasteiger partial charge on any atom is 0.410 e. The normalized spacial score (nSPS) is 34.6. The Kier molecular flexibility index (Phi) is 2.41. The van der Waals surface area contributed by atoms with Gasteiger partial charge >= 0.3 is 6.09 Å². The van der Waals surface area contributed by atoms with Gasteiger partial charge in [-0.25, -0.2) is 4.79 Å². The highest BCUT2D eigenvalue weighted by molar-refractivity contribution is 5.70. The first-order valence-electron chi connectivity index (χ1n) is 5.62. The van der Waals surface area contributed by atoms with Crippen LogP contribution >= 0.6 is 0 Å². The zero-order chi connectivity index (χ0) is 10.3. The van der Waals surface area contributed by atoms with Gasteiger partial charge in [0.25, 0.3) is 0 Å². The lowest BCUT2D eigenvalue weighted by molar-refractivity contribution is 0.0663. The Morgan fingerprint density at radius 3 is 2.79 bits per heavy atom. The van der Waals surface area contributed by atoms with Gasteiger partial charge in [-0.15, -0.1) is 0 Å². The zero-order valence-electron chi connectivity index (χ0n) is 9.19. The highest BCUT2D eigenvalue weighted by Crippen LogP contribution is 2.48. The van der Waals surface area contributed by atoms with Crippen LogP contribution in [0.3, 0.4) is 0 Å². The standard InChI is InChI=1S/C11H19NO2/c1-4-9-5-8-6-10(8)12(9)11(13)14-7(2)3/h7-10H,4-6H2,1-3H3/t8-,9?,10+/m1/s1. The second-order valence-corrected chi connectivity index (χ2v) is 4.70. The van der Waals surface area contributed by atoms with Gasteiger partial charge in [-0.3, -0.25) is 0 Å². The second kappa shape index (κ2) is 3.44. The predicted octanol–water partition coefficient (Wildman–Crippen LogP) is 2.40. The minimum Gasteiger partial charge on any atom is -0.447 e. The summed E-state index contributed by atoms with van der Waals surface area (Å²) in [6, 6.07) is 0.941. The van der Waals surface area contributed by atoms with Crippen molar-refractivity contribution in [1.82, 2.24) is 4.90 Å². The third-order valence-electron chi connectivity index (χ3n) is 3.23. The first-order valence-corrected chi connectivity index (χ1v) is 5.62. The molecule has 2 aliphatic rings. The van der Waals surface area contributed by atoms with E-state index in [0.717, 1.165) is 12.3 Å². The molecule has 0 aromatic carbocycles. The van der Waals surface area contributed by atoms with Crippen molar-refractivity contribution in [3.8, 4) is 0 Å². The number of fused-ring (bicyclic) bond motifs is 1. The van der Waals surface area contributed by atoms with Crippen molar-refractivity contribution in [3.63, 3.8) is 0 Å². The molecule has 3 heteroatoms. The lowest BCUT2D eigenvalue weighted by atomic mass is 10.1. The molecule has 1 unspecified atom stereocenters. The van der Waals surface area contributed by atoms with Gasteiger partial charge in [-0.05, 0) is 39.0 Å². The molecule has 14 heavy (non-hydrogen) atoms. The van der Waals surface area contributed by atoms with Gasteiger partial charge in [0.05, 0.1) is 6.10 Å². The van der Waals surface area contributed by atoms with Gasteiger partial charge < -0.3 is 9.64 Å². The molecule has 1 saturated heterocycles. The molecule has 0 spiro atoms. The Bertz CT molecular complexity index is 239. The topological polar surface area (TPSA) is 29.5 Å². The second-order valence-electron chi connectivity index (χ2n) is 4.70. The summed E-state index contributed by atoms with van der Waals surface area (Å²) >= 11 is 0. The van der Waals surface area contributed by atoms with E-state index in [1.54, 1.807) is 0 Å². The average molecular weight is 197 g/mol. The van der Waals surface area contributed by atoms with E-state index in [9.17, 15) is 4.79 Å². The number of rotatable bonds is 2. The molecular weight excluding hydrogens is 178 g/mol. The molecule has 3 nitrogen and oxygen atoms in total. The number of ether oxygens (including phenoxy) is 1.